The summed E-state index contributed by atoms with van der Waals surface area (Å²) in [5.74, 6) is -2.77. The van der Waals surface area contributed by atoms with Crippen LogP contribution in [0.2, 0.25) is 0 Å². The molecular weight excluding hydrogens is 168 g/mol. The van der Waals surface area contributed by atoms with E-state index in [0.29, 0.717) is 0 Å². The average Bonchev–Trinajstić information content (AvgIpc) is 2.04. The van der Waals surface area contributed by atoms with Gasteiger partial charge in [-0.15, -0.1) is 10.2 Å². The van der Waals surface area contributed by atoms with Crippen LogP contribution in [0.3, 0.4) is 0 Å². The number of hydrogen-bond acceptors (Lipinski definition) is 6. The van der Waals surface area contributed by atoms with Gasteiger partial charge < -0.3 is 10.2 Å². The number of aliphatic carboxylic acids is 2. The highest BCUT2D eigenvalue weighted by atomic mass is 16.4. The van der Waals surface area contributed by atoms with Crippen molar-refractivity contribution >= 4 is 11.9 Å². The minimum absolute atomic E-state index is 1.38. The van der Waals surface area contributed by atoms with Gasteiger partial charge in [0.05, 0.1) is 0 Å². The van der Waals surface area contributed by atoms with Gasteiger partial charge in [0, 0.05) is 0 Å². The van der Waals surface area contributed by atoms with Crippen LogP contribution in [0, 0.1) is 0 Å². The molecule has 0 aromatic rings. The second kappa shape index (κ2) is 3.03. The minimum Gasteiger partial charge on any atom is -0.480 e. The Morgan fingerprint density at radius 1 is 0.917 bits per heavy atom. The largest absolute Gasteiger partial charge is 0.480 e. The number of nitrogens with zero attached hydrogens (tertiary/aromatic N) is 4. The minimum atomic E-state index is -1.47. The molecule has 0 amide bonds. The van der Waals surface area contributed by atoms with Gasteiger partial charge in [-0.25, -0.2) is 9.59 Å². The van der Waals surface area contributed by atoms with E-state index < -0.39 is 24.0 Å². The van der Waals surface area contributed by atoms with Crippen molar-refractivity contribution in [1.82, 2.24) is 0 Å². The molecule has 1 aliphatic heterocycles. The van der Waals surface area contributed by atoms with Crippen LogP contribution in [-0.2, 0) is 9.59 Å². The summed E-state index contributed by atoms with van der Waals surface area (Å²) in [6.07, 6.45) is 0. The molecule has 0 saturated heterocycles. The Bertz CT molecular complexity index is 244. The molecule has 0 radical (unpaired) electrons. The van der Waals surface area contributed by atoms with Crippen molar-refractivity contribution in [3.05, 3.63) is 0 Å². The monoisotopic (exact) mass is 172 g/mol. The fraction of sp³-hybridized carbons (Fsp3) is 0.500. The van der Waals surface area contributed by atoms with Gasteiger partial charge in [-0.2, -0.15) is 0 Å². The van der Waals surface area contributed by atoms with Crippen LogP contribution in [-0.4, -0.2) is 34.2 Å². The molecule has 1 aliphatic rings. The highest BCUT2D eigenvalue weighted by Gasteiger charge is 2.36. The van der Waals surface area contributed by atoms with Crippen LogP contribution in [0.15, 0.2) is 20.7 Å². The molecular formula is C4H4N4O4. The first-order valence-electron chi connectivity index (χ1n) is 2.88. The molecule has 0 bridgehead atoms. The molecule has 0 fully saturated rings. The fourth-order valence-electron chi connectivity index (χ4n) is 0.653. The standard InChI is InChI=1S/C4H4N4O4/c9-3(10)1-2(4(11)12)6-8-7-5-1/h1-2H,(H,9,10)(H,11,12). The Morgan fingerprint density at radius 3 is 1.50 bits per heavy atom. The summed E-state index contributed by atoms with van der Waals surface area (Å²) in [6, 6.07) is -2.94. The summed E-state index contributed by atoms with van der Waals surface area (Å²) in [5.41, 5.74) is 0. The van der Waals surface area contributed by atoms with Crippen LogP contribution in [0.1, 0.15) is 0 Å². The van der Waals surface area contributed by atoms with Gasteiger partial charge in [0.25, 0.3) is 0 Å². The number of carboxylic acids is 2. The zero-order chi connectivity index (χ0) is 9.14. The second-order valence-electron chi connectivity index (χ2n) is 1.98. The van der Waals surface area contributed by atoms with E-state index >= 15 is 0 Å². The van der Waals surface area contributed by atoms with Crippen molar-refractivity contribution in [2.24, 2.45) is 20.7 Å². The van der Waals surface area contributed by atoms with Gasteiger partial charge in [0.15, 0.2) is 0 Å². The Labute approximate surface area is 65.6 Å². The fourth-order valence-corrected chi connectivity index (χ4v) is 0.653. The van der Waals surface area contributed by atoms with E-state index in [9.17, 15) is 9.59 Å². The molecule has 12 heavy (non-hydrogen) atoms. The molecule has 0 aliphatic carbocycles. The maximum atomic E-state index is 10.4. The van der Waals surface area contributed by atoms with E-state index in [4.69, 9.17) is 10.2 Å². The number of carbonyl (C=O) groups is 2. The van der Waals surface area contributed by atoms with E-state index in [1.807, 2.05) is 0 Å². The Kier molecular flexibility index (Phi) is 2.08. The molecule has 1 heterocycles. The third kappa shape index (κ3) is 1.41. The topological polar surface area (TPSA) is 124 Å². The van der Waals surface area contributed by atoms with Gasteiger partial charge in [-0.05, 0) is 10.4 Å². The Hall–Kier alpha value is -1.86. The van der Waals surface area contributed by atoms with E-state index in [-0.39, 0.29) is 0 Å². The zero-order valence-corrected chi connectivity index (χ0v) is 5.65. The summed E-state index contributed by atoms with van der Waals surface area (Å²) < 4.78 is 0. The molecule has 8 nitrogen and oxygen atoms in total. The summed E-state index contributed by atoms with van der Waals surface area (Å²) in [4.78, 5) is 20.7. The smallest absolute Gasteiger partial charge is 0.333 e. The Balaban J connectivity index is 2.85. The Morgan fingerprint density at radius 2 is 1.25 bits per heavy atom. The quantitative estimate of drug-likeness (QED) is 0.594. The van der Waals surface area contributed by atoms with Crippen molar-refractivity contribution in [3.63, 3.8) is 0 Å². The molecule has 2 N–H and O–H groups in total. The molecule has 64 valence electrons. The van der Waals surface area contributed by atoms with E-state index in [2.05, 4.69) is 20.7 Å². The van der Waals surface area contributed by atoms with Gasteiger partial charge in [-0.1, -0.05) is 0 Å². The van der Waals surface area contributed by atoms with Crippen LogP contribution in [0.5, 0.6) is 0 Å². The number of carboxylic acid groups (broad SMARTS) is 2. The molecule has 0 spiro atoms. The first-order chi connectivity index (χ1) is 5.63. The lowest BCUT2D eigenvalue weighted by Gasteiger charge is -2.11. The van der Waals surface area contributed by atoms with Crippen LogP contribution >= 0.6 is 0 Å². The molecule has 2 unspecified atom stereocenters. The number of hydrogen-bond donors (Lipinski definition) is 2. The predicted octanol–water partition coefficient (Wildman–Crippen LogP) is -0.274. The van der Waals surface area contributed by atoms with Crippen LogP contribution in [0.4, 0.5) is 0 Å². The van der Waals surface area contributed by atoms with Gasteiger partial charge >= 0.3 is 11.9 Å². The van der Waals surface area contributed by atoms with Crippen molar-refractivity contribution < 1.29 is 19.8 Å². The third-order valence-electron chi connectivity index (χ3n) is 1.20. The predicted molar refractivity (Wildman–Crippen MR) is 32.6 cm³/mol. The van der Waals surface area contributed by atoms with Crippen molar-refractivity contribution in [3.8, 4) is 0 Å². The van der Waals surface area contributed by atoms with Crippen LogP contribution < -0.4 is 0 Å². The highest BCUT2D eigenvalue weighted by Crippen LogP contribution is 2.11. The SMILES string of the molecule is O=C(O)C1N=NN=NC1C(=O)O. The first-order valence-corrected chi connectivity index (χ1v) is 2.88. The lowest BCUT2D eigenvalue weighted by Crippen LogP contribution is -2.37. The second-order valence-corrected chi connectivity index (χ2v) is 1.98. The molecule has 8 heteroatoms. The molecule has 0 aromatic carbocycles. The third-order valence-corrected chi connectivity index (χ3v) is 1.20. The van der Waals surface area contributed by atoms with Crippen LogP contribution in [0.25, 0.3) is 0 Å². The number of rotatable bonds is 2. The summed E-state index contributed by atoms with van der Waals surface area (Å²) >= 11 is 0. The summed E-state index contributed by atoms with van der Waals surface area (Å²) in [7, 11) is 0. The average molecular weight is 172 g/mol. The zero-order valence-electron chi connectivity index (χ0n) is 5.65. The van der Waals surface area contributed by atoms with Crippen molar-refractivity contribution in [2.45, 2.75) is 12.1 Å². The van der Waals surface area contributed by atoms with Crippen molar-refractivity contribution in [1.29, 1.82) is 0 Å². The lowest BCUT2D eigenvalue weighted by molar-refractivity contribution is -0.146. The summed E-state index contributed by atoms with van der Waals surface area (Å²) in [6.45, 7) is 0. The van der Waals surface area contributed by atoms with E-state index in [1.165, 1.54) is 0 Å². The van der Waals surface area contributed by atoms with Gasteiger partial charge in [0.1, 0.15) is 0 Å². The lowest BCUT2D eigenvalue weighted by atomic mass is 10.1. The maximum absolute atomic E-state index is 10.4. The summed E-state index contributed by atoms with van der Waals surface area (Å²) in [5, 5.41) is 29.0. The van der Waals surface area contributed by atoms with Gasteiger partial charge in [0.2, 0.25) is 12.1 Å². The van der Waals surface area contributed by atoms with Crippen molar-refractivity contribution in [2.75, 3.05) is 0 Å². The normalized spacial score (nSPS) is 27.0. The van der Waals surface area contributed by atoms with E-state index in [1.54, 1.807) is 0 Å². The molecule has 2 atom stereocenters. The molecule has 0 saturated carbocycles. The molecule has 0 aromatic heterocycles. The van der Waals surface area contributed by atoms with Gasteiger partial charge in [-0.3, -0.25) is 0 Å². The van der Waals surface area contributed by atoms with E-state index in [0.717, 1.165) is 0 Å². The first kappa shape index (κ1) is 8.24. The molecule has 1 rings (SSSR count). The highest BCUT2D eigenvalue weighted by molar-refractivity contribution is 5.85. The maximum Gasteiger partial charge on any atom is 0.333 e.